The predicted molar refractivity (Wildman–Crippen MR) is 110 cm³/mol. The number of para-hydroxylation sites is 1. The Hall–Kier alpha value is -2.74. The Morgan fingerprint density at radius 3 is 2.69 bits per heavy atom. The van der Waals surface area contributed by atoms with Crippen LogP contribution in [0.3, 0.4) is 0 Å². The second kappa shape index (κ2) is 8.32. The molecule has 2 aromatic rings. The monoisotopic (exact) mass is 397 g/mol. The Morgan fingerprint density at radius 2 is 1.90 bits per heavy atom. The fraction of sp³-hybridized carbons (Fsp3) is 0.524. The maximum absolute atomic E-state index is 12.5. The highest BCUT2D eigenvalue weighted by atomic mass is 16.2. The van der Waals surface area contributed by atoms with Crippen molar-refractivity contribution in [2.45, 2.75) is 44.2 Å². The summed E-state index contributed by atoms with van der Waals surface area (Å²) in [6.07, 6.45) is 4.62. The molecule has 2 atom stereocenters. The molecule has 0 spiro atoms. The van der Waals surface area contributed by atoms with Gasteiger partial charge < -0.3 is 15.2 Å². The summed E-state index contributed by atoms with van der Waals surface area (Å²) in [5, 5.41) is 3.35. The number of hydrogen-bond acceptors (Lipinski definition) is 5. The average Bonchev–Trinajstić information content (AvgIpc) is 3.37. The van der Waals surface area contributed by atoms with Crippen LogP contribution in [0.15, 0.2) is 29.1 Å². The Balaban J connectivity index is 1.34. The molecule has 2 amide bonds. The number of nitrogens with one attached hydrogen (secondary N) is 2. The number of rotatable bonds is 5. The lowest BCUT2D eigenvalue weighted by Crippen LogP contribution is -2.43. The van der Waals surface area contributed by atoms with Gasteiger partial charge in [0.2, 0.25) is 5.91 Å². The van der Waals surface area contributed by atoms with E-state index < -0.39 is 5.91 Å². The third-order valence-corrected chi connectivity index (χ3v) is 6.18. The van der Waals surface area contributed by atoms with Gasteiger partial charge in [-0.1, -0.05) is 12.1 Å². The minimum atomic E-state index is -0.391. The Morgan fingerprint density at radius 1 is 1.17 bits per heavy atom. The second-order valence-corrected chi connectivity index (χ2v) is 7.98. The van der Waals surface area contributed by atoms with Crippen molar-refractivity contribution < 1.29 is 9.59 Å². The highest BCUT2D eigenvalue weighted by molar-refractivity contribution is 5.92. The van der Waals surface area contributed by atoms with E-state index in [2.05, 4.69) is 20.2 Å². The first-order chi connectivity index (χ1) is 14.0. The number of hydrogen-bond donors (Lipinski definition) is 2. The van der Waals surface area contributed by atoms with Gasteiger partial charge in [-0.15, -0.1) is 0 Å². The van der Waals surface area contributed by atoms with Crippen molar-refractivity contribution in [2.24, 2.45) is 0 Å². The van der Waals surface area contributed by atoms with Crippen molar-refractivity contribution in [2.75, 3.05) is 26.7 Å². The van der Waals surface area contributed by atoms with Gasteiger partial charge in [-0.05, 0) is 44.9 Å². The fourth-order valence-corrected chi connectivity index (χ4v) is 4.37. The summed E-state index contributed by atoms with van der Waals surface area (Å²) in [6.45, 7) is 2.22. The third kappa shape index (κ3) is 4.17. The molecular weight excluding hydrogens is 370 g/mol. The van der Waals surface area contributed by atoms with E-state index in [-0.39, 0.29) is 29.4 Å². The van der Waals surface area contributed by atoms with Crippen LogP contribution in [0.4, 0.5) is 0 Å². The van der Waals surface area contributed by atoms with Crippen molar-refractivity contribution in [3.63, 3.8) is 0 Å². The first-order valence-electron chi connectivity index (χ1n) is 10.3. The number of nitrogens with zero attached hydrogens (tertiary/aromatic N) is 3. The number of H-pyrrole nitrogens is 1. The number of aromatic nitrogens is 2. The first-order valence-corrected chi connectivity index (χ1v) is 10.3. The first kappa shape index (κ1) is 19.6. The zero-order chi connectivity index (χ0) is 20.4. The summed E-state index contributed by atoms with van der Waals surface area (Å²) in [6, 6.07) is 7.33. The second-order valence-electron chi connectivity index (χ2n) is 7.98. The van der Waals surface area contributed by atoms with Gasteiger partial charge in [0.15, 0.2) is 5.82 Å². The van der Waals surface area contributed by atoms with Crippen LogP contribution in [0.2, 0.25) is 0 Å². The lowest BCUT2D eigenvalue weighted by atomic mass is 10.1. The maximum atomic E-state index is 12.5. The normalized spacial score (nSPS) is 22.3. The van der Waals surface area contributed by atoms with Crippen molar-refractivity contribution in [1.82, 2.24) is 25.1 Å². The molecule has 2 fully saturated rings. The van der Waals surface area contributed by atoms with Crippen LogP contribution >= 0.6 is 0 Å². The number of fused-ring (bicyclic) bond motifs is 1. The van der Waals surface area contributed by atoms with Crippen LogP contribution in [-0.4, -0.2) is 70.3 Å². The van der Waals surface area contributed by atoms with Crippen LogP contribution in [0.1, 0.15) is 42.7 Å². The van der Waals surface area contributed by atoms with Crippen molar-refractivity contribution >= 4 is 22.7 Å². The zero-order valence-corrected chi connectivity index (χ0v) is 16.7. The van der Waals surface area contributed by atoms with E-state index in [0.29, 0.717) is 23.9 Å². The molecule has 0 saturated carbocycles. The molecule has 4 rings (SSSR count). The van der Waals surface area contributed by atoms with Crippen molar-refractivity contribution in [3.05, 3.63) is 40.4 Å². The number of likely N-dealkylation sites (N-methyl/N-ethyl adjacent to an activating group) is 1. The lowest BCUT2D eigenvalue weighted by molar-refractivity contribution is -0.131. The van der Waals surface area contributed by atoms with Crippen LogP contribution < -0.4 is 10.9 Å². The van der Waals surface area contributed by atoms with Gasteiger partial charge in [0.05, 0.1) is 10.9 Å². The molecule has 0 unspecified atom stereocenters. The zero-order valence-electron chi connectivity index (χ0n) is 16.7. The SMILES string of the molecule is CN1[C@@H](CC(=O)N2CCCC2)CC[C@H]1CNC(=O)c1nc2ccccc2c(=O)[nH]1. The van der Waals surface area contributed by atoms with Gasteiger partial charge in [-0.3, -0.25) is 19.3 Å². The van der Waals surface area contributed by atoms with Gasteiger partial charge in [0.1, 0.15) is 0 Å². The van der Waals surface area contributed by atoms with E-state index in [1.54, 1.807) is 24.3 Å². The molecule has 8 heteroatoms. The Kier molecular flexibility index (Phi) is 5.62. The van der Waals surface area contributed by atoms with Gasteiger partial charge in [-0.2, -0.15) is 0 Å². The van der Waals surface area contributed by atoms with Gasteiger partial charge >= 0.3 is 0 Å². The van der Waals surface area contributed by atoms with Gasteiger partial charge in [0, 0.05) is 38.1 Å². The molecule has 8 nitrogen and oxygen atoms in total. The molecule has 2 saturated heterocycles. The third-order valence-electron chi connectivity index (χ3n) is 6.18. The topological polar surface area (TPSA) is 98.4 Å². The highest BCUT2D eigenvalue weighted by Gasteiger charge is 2.33. The molecule has 2 aliphatic heterocycles. The number of aromatic amines is 1. The minimum Gasteiger partial charge on any atom is -0.348 e. The molecule has 1 aromatic heterocycles. The molecule has 1 aromatic carbocycles. The standard InChI is InChI=1S/C21H27N5O3/c1-25-14(12-18(27)26-10-4-5-11-26)8-9-15(25)13-22-21(29)19-23-17-7-3-2-6-16(17)20(28)24-19/h2-3,6-7,14-15H,4-5,8-13H2,1H3,(H,22,29)(H,23,24,28)/t14-,15+/m1/s1. The summed E-state index contributed by atoms with van der Waals surface area (Å²) in [5.74, 6) is -0.130. The van der Waals surface area contributed by atoms with Crippen LogP contribution in [0.5, 0.6) is 0 Å². The Bertz CT molecular complexity index is 966. The predicted octanol–water partition coefficient (Wildman–Crippen LogP) is 1.13. The van der Waals surface area contributed by atoms with E-state index in [9.17, 15) is 14.4 Å². The molecular formula is C21H27N5O3. The molecule has 0 radical (unpaired) electrons. The lowest BCUT2D eigenvalue weighted by Gasteiger charge is -2.27. The molecule has 2 N–H and O–H groups in total. The smallest absolute Gasteiger partial charge is 0.287 e. The summed E-state index contributed by atoms with van der Waals surface area (Å²) >= 11 is 0. The van der Waals surface area contributed by atoms with E-state index >= 15 is 0 Å². The quantitative estimate of drug-likeness (QED) is 0.788. The van der Waals surface area contributed by atoms with Crippen molar-refractivity contribution in [1.29, 1.82) is 0 Å². The van der Waals surface area contributed by atoms with Gasteiger partial charge in [-0.25, -0.2) is 4.98 Å². The van der Waals surface area contributed by atoms with Gasteiger partial charge in [0.25, 0.3) is 11.5 Å². The average molecular weight is 397 g/mol. The fourth-order valence-electron chi connectivity index (χ4n) is 4.37. The van der Waals surface area contributed by atoms with E-state index in [1.165, 1.54) is 0 Å². The van der Waals surface area contributed by atoms with Crippen LogP contribution in [-0.2, 0) is 4.79 Å². The molecule has 2 aliphatic rings. The number of carbonyl (C=O) groups is 2. The maximum Gasteiger partial charge on any atom is 0.287 e. The van der Waals surface area contributed by atoms with Crippen LogP contribution in [0, 0.1) is 0 Å². The molecule has 29 heavy (non-hydrogen) atoms. The van der Waals surface area contributed by atoms with Crippen molar-refractivity contribution in [3.8, 4) is 0 Å². The van der Waals surface area contributed by atoms with E-state index in [4.69, 9.17) is 0 Å². The van der Waals surface area contributed by atoms with E-state index in [1.807, 2.05) is 11.9 Å². The molecule has 0 bridgehead atoms. The number of carbonyl (C=O) groups excluding carboxylic acids is 2. The molecule has 0 aliphatic carbocycles. The summed E-state index contributed by atoms with van der Waals surface area (Å²) < 4.78 is 0. The number of benzene rings is 1. The summed E-state index contributed by atoms with van der Waals surface area (Å²) in [4.78, 5) is 48.1. The van der Waals surface area contributed by atoms with Crippen LogP contribution in [0.25, 0.3) is 10.9 Å². The minimum absolute atomic E-state index is 0.0233. The van der Waals surface area contributed by atoms with E-state index in [0.717, 1.165) is 38.8 Å². The highest BCUT2D eigenvalue weighted by Crippen LogP contribution is 2.25. The number of likely N-dealkylation sites (tertiary alicyclic amines) is 2. The molecule has 154 valence electrons. The summed E-state index contributed by atoms with van der Waals surface area (Å²) in [7, 11) is 2.02. The number of amides is 2. The summed E-state index contributed by atoms with van der Waals surface area (Å²) in [5.41, 5.74) is 0.180. The molecule has 3 heterocycles. The Labute approximate surface area is 169 Å². The largest absolute Gasteiger partial charge is 0.348 e.